The van der Waals surface area contributed by atoms with Gasteiger partial charge >= 0.3 is 6.03 Å². The van der Waals surface area contributed by atoms with Crippen LogP contribution in [0.1, 0.15) is 35.6 Å². The Balaban J connectivity index is 1.29. The summed E-state index contributed by atoms with van der Waals surface area (Å²) in [6.07, 6.45) is 1.23. The number of rotatable bonds is 4. The maximum atomic E-state index is 12.7. The van der Waals surface area contributed by atoms with Crippen LogP contribution in [0.3, 0.4) is 0 Å². The third kappa shape index (κ3) is 4.25. The van der Waals surface area contributed by atoms with Gasteiger partial charge in [-0.15, -0.1) is 0 Å². The lowest BCUT2D eigenvalue weighted by molar-refractivity contribution is -0.116. The fraction of sp³-hybridized carbons (Fsp3) is 0.435. The molecule has 1 saturated heterocycles. The van der Waals surface area contributed by atoms with Crippen molar-refractivity contribution in [3.63, 3.8) is 0 Å². The van der Waals surface area contributed by atoms with Crippen molar-refractivity contribution in [2.24, 2.45) is 5.92 Å². The fourth-order valence-electron chi connectivity index (χ4n) is 4.54. The molecule has 158 valence electrons. The lowest BCUT2D eigenvalue weighted by Gasteiger charge is -2.42. The van der Waals surface area contributed by atoms with Crippen molar-refractivity contribution in [3.05, 3.63) is 63.6 Å². The van der Waals surface area contributed by atoms with Gasteiger partial charge in [-0.25, -0.2) is 4.79 Å². The molecule has 1 aromatic heterocycles. The molecule has 4 rings (SSSR count). The number of piperidine rings is 1. The molecule has 7 heteroatoms. The van der Waals surface area contributed by atoms with Crippen molar-refractivity contribution >= 4 is 17.6 Å². The van der Waals surface area contributed by atoms with Gasteiger partial charge in [0.15, 0.2) is 0 Å². The lowest BCUT2D eigenvalue weighted by Crippen LogP contribution is -2.52. The van der Waals surface area contributed by atoms with Gasteiger partial charge in [0.1, 0.15) is 0 Å². The van der Waals surface area contributed by atoms with E-state index in [1.165, 1.54) is 0 Å². The van der Waals surface area contributed by atoms with Crippen LogP contribution in [0.5, 0.6) is 0 Å². The highest BCUT2D eigenvalue weighted by molar-refractivity contribution is 5.92. The lowest BCUT2D eigenvalue weighted by atomic mass is 9.83. The van der Waals surface area contributed by atoms with E-state index >= 15 is 0 Å². The molecule has 1 fully saturated rings. The first-order chi connectivity index (χ1) is 14.4. The predicted molar refractivity (Wildman–Crippen MR) is 116 cm³/mol. The second-order valence-electron chi connectivity index (χ2n) is 8.45. The van der Waals surface area contributed by atoms with Gasteiger partial charge < -0.3 is 20.1 Å². The number of urea groups is 1. The molecule has 2 N–H and O–H groups in total. The summed E-state index contributed by atoms with van der Waals surface area (Å²) >= 11 is 0. The fourth-order valence-corrected chi connectivity index (χ4v) is 4.54. The second-order valence-corrected chi connectivity index (χ2v) is 8.45. The summed E-state index contributed by atoms with van der Waals surface area (Å²) < 4.78 is 1.85. The molecule has 2 aliphatic heterocycles. The van der Waals surface area contributed by atoms with Crippen molar-refractivity contribution < 1.29 is 9.59 Å². The maximum absolute atomic E-state index is 12.7. The molecule has 2 aromatic rings. The Morgan fingerprint density at radius 3 is 2.77 bits per heavy atom. The molecule has 0 aliphatic carbocycles. The average molecular weight is 409 g/mol. The molecular weight excluding hydrogens is 380 g/mol. The highest BCUT2D eigenvalue weighted by atomic mass is 16.2. The predicted octanol–water partition coefficient (Wildman–Crippen LogP) is 2.62. The Kier molecular flexibility index (Phi) is 5.61. The number of anilines is 1. The van der Waals surface area contributed by atoms with Gasteiger partial charge in [0, 0.05) is 56.0 Å². The summed E-state index contributed by atoms with van der Waals surface area (Å²) in [7, 11) is 0. The molecule has 7 nitrogen and oxygen atoms in total. The van der Waals surface area contributed by atoms with Gasteiger partial charge in [0.25, 0.3) is 5.56 Å². The minimum absolute atomic E-state index is 0.0370. The van der Waals surface area contributed by atoms with E-state index in [-0.39, 0.29) is 42.3 Å². The van der Waals surface area contributed by atoms with E-state index in [2.05, 4.69) is 10.6 Å². The number of nitrogens with zero attached hydrogens (tertiary/aromatic N) is 2. The number of fused-ring (bicyclic) bond motifs is 4. The number of nitrogens with one attached hydrogen (secondary N) is 2. The molecule has 0 radical (unpaired) electrons. The number of pyridine rings is 1. The van der Waals surface area contributed by atoms with Gasteiger partial charge in [0.2, 0.25) is 5.91 Å². The summed E-state index contributed by atoms with van der Waals surface area (Å²) in [6, 6.07) is 11.2. The van der Waals surface area contributed by atoms with Crippen molar-refractivity contribution in [3.8, 4) is 0 Å². The summed E-state index contributed by atoms with van der Waals surface area (Å²) in [4.78, 5) is 38.9. The maximum Gasteiger partial charge on any atom is 0.317 e. The Morgan fingerprint density at radius 1 is 1.10 bits per heavy atom. The molecule has 2 bridgehead atoms. The van der Waals surface area contributed by atoms with Crippen molar-refractivity contribution in [2.75, 3.05) is 25.0 Å². The molecule has 30 heavy (non-hydrogen) atoms. The van der Waals surface area contributed by atoms with Crippen molar-refractivity contribution in [2.45, 2.75) is 39.2 Å². The van der Waals surface area contributed by atoms with E-state index in [0.717, 1.165) is 28.9 Å². The monoisotopic (exact) mass is 408 g/mol. The first kappa shape index (κ1) is 20.2. The summed E-state index contributed by atoms with van der Waals surface area (Å²) in [5, 5.41) is 5.79. The molecule has 3 amide bonds. The Morgan fingerprint density at radius 2 is 1.93 bits per heavy atom. The third-order valence-corrected chi connectivity index (χ3v) is 6.06. The standard InChI is InChI=1S/C23H28N4O3/c1-15-6-7-16(2)19(10-15)25-21(28)8-9-24-23(30)26-12-17-11-18(14-26)20-4-3-5-22(29)27(20)13-17/h3-7,10,17-18H,8-9,11-14H2,1-2H3,(H,24,30)(H,25,28)/t17-,18-/m1/s1. The molecule has 2 aliphatic rings. The average Bonchev–Trinajstić information content (AvgIpc) is 2.71. The molecule has 1 aromatic carbocycles. The largest absolute Gasteiger partial charge is 0.337 e. The highest BCUT2D eigenvalue weighted by Gasteiger charge is 2.36. The summed E-state index contributed by atoms with van der Waals surface area (Å²) in [6.45, 7) is 6.12. The number of likely N-dealkylation sites (tertiary alicyclic amines) is 1. The van der Waals surface area contributed by atoms with Crippen LogP contribution in [-0.4, -0.2) is 41.0 Å². The molecule has 0 unspecified atom stereocenters. The van der Waals surface area contributed by atoms with Crippen LogP contribution in [0.4, 0.5) is 10.5 Å². The number of aryl methyl sites for hydroxylation is 2. The first-order valence-corrected chi connectivity index (χ1v) is 10.5. The van der Waals surface area contributed by atoms with E-state index < -0.39 is 0 Å². The minimum atomic E-state index is -0.143. The van der Waals surface area contributed by atoms with Gasteiger partial charge in [-0.1, -0.05) is 18.2 Å². The van der Waals surface area contributed by atoms with Crippen molar-refractivity contribution in [1.29, 1.82) is 0 Å². The molecule has 0 saturated carbocycles. The molecule has 2 atom stereocenters. The van der Waals surface area contributed by atoms with Gasteiger partial charge in [-0.2, -0.15) is 0 Å². The van der Waals surface area contributed by atoms with Crippen LogP contribution in [0.15, 0.2) is 41.2 Å². The summed E-state index contributed by atoms with van der Waals surface area (Å²) in [5.41, 5.74) is 3.96. The SMILES string of the molecule is Cc1ccc(C)c(NC(=O)CCNC(=O)N2C[C@H]3C[C@H](C2)c2cccc(=O)n2C3)c1. The van der Waals surface area contributed by atoms with Crippen LogP contribution in [-0.2, 0) is 11.3 Å². The van der Waals surface area contributed by atoms with E-state index in [1.807, 2.05) is 47.6 Å². The first-order valence-electron chi connectivity index (χ1n) is 10.5. The van der Waals surface area contributed by atoms with Crippen molar-refractivity contribution in [1.82, 2.24) is 14.8 Å². The zero-order valence-electron chi connectivity index (χ0n) is 17.5. The minimum Gasteiger partial charge on any atom is -0.337 e. The zero-order valence-corrected chi connectivity index (χ0v) is 17.5. The zero-order chi connectivity index (χ0) is 21.3. The topological polar surface area (TPSA) is 83.4 Å². The van der Waals surface area contributed by atoms with E-state index in [0.29, 0.717) is 19.6 Å². The summed E-state index contributed by atoms with van der Waals surface area (Å²) in [5.74, 6) is 0.354. The van der Waals surface area contributed by atoms with Gasteiger partial charge in [-0.05, 0) is 49.4 Å². The van der Waals surface area contributed by atoms with Crippen LogP contribution >= 0.6 is 0 Å². The Labute approximate surface area is 176 Å². The number of benzene rings is 1. The molecular formula is C23H28N4O3. The number of hydrogen-bond donors (Lipinski definition) is 2. The number of carbonyl (C=O) groups excluding carboxylic acids is 2. The van der Waals surface area contributed by atoms with Crippen LogP contribution < -0.4 is 16.2 Å². The highest BCUT2D eigenvalue weighted by Crippen LogP contribution is 2.34. The van der Waals surface area contributed by atoms with Gasteiger partial charge in [0.05, 0.1) is 0 Å². The number of amides is 3. The third-order valence-electron chi connectivity index (χ3n) is 6.06. The van der Waals surface area contributed by atoms with E-state index in [1.54, 1.807) is 12.1 Å². The molecule has 0 spiro atoms. The molecule has 3 heterocycles. The smallest absolute Gasteiger partial charge is 0.317 e. The van der Waals surface area contributed by atoms with E-state index in [9.17, 15) is 14.4 Å². The number of hydrogen-bond acceptors (Lipinski definition) is 3. The van der Waals surface area contributed by atoms with Crippen LogP contribution in [0.25, 0.3) is 0 Å². The Bertz CT molecular complexity index is 1030. The van der Waals surface area contributed by atoms with E-state index in [4.69, 9.17) is 0 Å². The van der Waals surface area contributed by atoms with Crippen LogP contribution in [0.2, 0.25) is 0 Å². The normalized spacial score (nSPS) is 19.7. The Hall–Kier alpha value is -3.09. The number of carbonyl (C=O) groups is 2. The van der Waals surface area contributed by atoms with Crippen LogP contribution in [0, 0.1) is 19.8 Å². The second kappa shape index (κ2) is 8.34. The quantitative estimate of drug-likeness (QED) is 0.816. The van der Waals surface area contributed by atoms with Gasteiger partial charge in [-0.3, -0.25) is 9.59 Å². The number of aromatic nitrogens is 1.